The van der Waals surface area contributed by atoms with Crippen LogP contribution in [-0.4, -0.2) is 25.0 Å². The van der Waals surface area contributed by atoms with Gasteiger partial charge in [0.25, 0.3) is 5.91 Å². The predicted molar refractivity (Wildman–Crippen MR) is 90.2 cm³/mol. The first-order valence-corrected chi connectivity index (χ1v) is 8.86. The van der Waals surface area contributed by atoms with Crippen LogP contribution in [0.15, 0.2) is 18.2 Å². The number of fused-ring (bicyclic) bond motifs is 1. The molecule has 1 saturated carbocycles. The summed E-state index contributed by atoms with van der Waals surface area (Å²) >= 11 is 0. The van der Waals surface area contributed by atoms with E-state index in [1.165, 1.54) is 50.0 Å². The maximum absolute atomic E-state index is 12.5. The van der Waals surface area contributed by atoms with E-state index in [0.717, 1.165) is 28.8 Å². The first-order chi connectivity index (χ1) is 10.6. The Morgan fingerprint density at radius 1 is 1.14 bits per heavy atom. The smallest absolute Gasteiger partial charge is 0.279 e. The van der Waals surface area contributed by atoms with Crippen molar-refractivity contribution in [2.24, 2.45) is 5.92 Å². The highest BCUT2D eigenvalue weighted by Crippen LogP contribution is 2.28. The van der Waals surface area contributed by atoms with Crippen molar-refractivity contribution in [1.29, 1.82) is 0 Å². The lowest BCUT2D eigenvalue weighted by molar-refractivity contribution is -0.928. The van der Waals surface area contributed by atoms with E-state index in [2.05, 4.69) is 31.3 Å². The van der Waals surface area contributed by atoms with E-state index in [4.69, 9.17) is 0 Å². The van der Waals surface area contributed by atoms with Gasteiger partial charge in [0.1, 0.15) is 0 Å². The number of anilines is 1. The number of aryl methyl sites for hydroxylation is 2. The number of hydrogen-bond donors (Lipinski definition) is 2. The van der Waals surface area contributed by atoms with E-state index in [1.807, 2.05) is 6.07 Å². The largest absolute Gasteiger partial charge is 0.324 e. The van der Waals surface area contributed by atoms with Crippen molar-refractivity contribution in [2.45, 2.75) is 58.4 Å². The third kappa shape index (κ3) is 3.35. The molecule has 1 aromatic rings. The minimum Gasteiger partial charge on any atom is -0.324 e. The number of carbonyl (C=O) groups excluding carboxylic acids is 1. The van der Waals surface area contributed by atoms with Crippen LogP contribution in [0, 0.1) is 19.8 Å². The van der Waals surface area contributed by atoms with E-state index in [-0.39, 0.29) is 5.91 Å². The molecule has 0 bridgehead atoms. The number of piperidine rings is 1. The third-order valence-corrected chi connectivity index (χ3v) is 5.64. The van der Waals surface area contributed by atoms with Gasteiger partial charge < -0.3 is 10.2 Å². The van der Waals surface area contributed by atoms with E-state index in [0.29, 0.717) is 6.54 Å². The van der Waals surface area contributed by atoms with Gasteiger partial charge in [-0.15, -0.1) is 0 Å². The second-order valence-electron chi connectivity index (χ2n) is 7.19. The Morgan fingerprint density at radius 2 is 1.82 bits per heavy atom. The molecule has 3 heteroatoms. The Kier molecular flexibility index (Phi) is 4.82. The van der Waals surface area contributed by atoms with Gasteiger partial charge in [-0.3, -0.25) is 4.79 Å². The first-order valence-electron chi connectivity index (χ1n) is 8.86. The standard InChI is InChI=1S/C19H28N2O/c1-14-7-5-8-15(2)19(14)20-18(22)13-21-12-6-10-16-9-3-4-11-17(16)21/h5,7-8,16-17H,3-4,6,9-13H2,1-2H3,(H,20,22)/p+1/t16-,17+/m1/s1. The molecular weight excluding hydrogens is 272 g/mol. The van der Waals surface area contributed by atoms with Gasteiger partial charge in [0.05, 0.1) is 12.6 Å². The summed E-state index contributed by atoms with van der Waals surface area (Å²) in [6.07, 6.45) is 8.11. The minimum atomic E-state index is 0.179. The maximum atomic E-state index is 12.5. The fourth-order valence-electron chi connectivity index (χ4n) is 4.49. The molecular formula is C19H29N2O+. The molecule has 0 spiro atoms. The molecule has 120 valence electrons. The zero-order valence-corrected chi connectivity index (χ0v) is 14.0. The molecule has 1 amide bonds. The van der Waals surface area contributed by atoms with Crippen molar-refractivity contribution in [2.75, 3.05) is 18.4 Å². The molecule has 1 heterocycles. The highest BCUT2D eigenvalue weighted by molar-refractivity contribution is 5.93. The van der Waals surface area contributed by atoms with Crippen molar-refractivity contribution < 1.29 is 9.69 Å². The average Bonchev–Trinajstić information content (AvgIpc) is 2.51. The number of quaternary nitrogens is 1. The highest BCUT2D eigenvalue weighted by Gasteiger charge is 2.37. The van der Waals surface area contributed by atoms with Crippen LogP contribution < -0.4 is 10.2 Å². The van der Waals surface area contributed by atoms with Crippen LogP contribution in [0.2, 0.25) is 0 Å². The van der Waals surface area contributed by atoms with E-state index in [9.17, 15) is 4.79 Å². The van der Waals surface area contributed by atoms with Gasteiger partial charge in [0, 0.05) is 11.6 Å². The van der Waals surface area contributed by atoms with Gasteiger partial charge in [-0.25, -0.2) is 0 Å². The third-order valence-electron chi connectivity index (χ3n) is 5.64. The average molecular weight is 301 g/mol. The Morgan fingerprint density at radius 3 is 2.59 bits per heavy atom. The Labute approximate surface area is 134 Å². The van der Waals surface area contributed by atoms with Gasteiger partial charge in [0.2, 0.25) is 0 Å². The van der Waals surface area contributed by atoms with Crippen LogP contribution in [0.25, 0.3) is 0 Å². The lowest BCUT2D eigenvalue weighted by Crippen LogP contribution is -3.18. The first kappa shape index (κ1) is 15.5. The van der Waals surface area contributed by atoms with Crippen molar-refractivity contribution in [3.8, 4) is 0 Å². The zero-order valence-electron chi connectivity index (χ0n) is 14.0. The summed E-state index contributed by atoms with van der Waals surface area (Å²) in [4.78, 5) is 14.1. The summed E-state index contributed by atoms with van der Waals surface area (Å²) in [5.74, 6) is 1.05. The van der Waals surface area contributed by atoms with Gasteiger partial charge in [-0.05, 0) is 57.1 Å². The fourth-order valence-corrected chi connectivity index (χ4v) is 4.49. The number of carbonyl (C=O) groups is 1. The van der Waals surface area contributed by atoms with Gasteiger partial charge in [-0.2, -0.15) is 0 Å². The number of hydrogen-bond acceptors (Lipinski definition) is 1. The van der Waals surface area contributed by atoms with E-state index < -0.39 is 0 Å². The number of likely N-dealkylation sites (tertiary alicyclic amines) is 1. The van der Waals surface area contributed by atoms with Crippen LogP contribution in [0.3, 0.4) is 0 Å². The second-order valence-corrected chi connectivity index (χ2v) is 7.19. The summed E-state index contributed by atoms with van der Waals surface area (Å²) in [7, 11) is 0. The molecule has 2 aliphatic rings. The predicted octanol–water partition coefficient (Wildman–Crippen LogP) is 2.48. The Bertz CT molecular complexity index is 518. The Hall–Kier alpha value is -1.35. The van der Waals surface area contributed by atoms with Gasteiger partial charge >= 0.3 is 0 Å². The summed E-state index contributed by atoms with van der Waals surface area (Å²) in [6.45, 7) is 5.93. The zero-order chi connectivity index (χ0) is 15.5. The number of nitrogens with one attached hydrogen (secondary N) is 2. The molecule has 1 aliphatic carbocycles. The number of rotatable bonds is 3. The number of amides is 1. The fraction of sp³-hybridized carbons (Fsp3) is 0.632. The van der Waals surface area contributed by atoms with Crippen LogP contribution in [0.5, 0.6) is 0 Å². The van der Waals surface area contributed by atoms with Crippen molar-refractivity contribution in [3.63, 3.8) is 0 Å². The number of para-hydroxylation sites is 1. The lowest BCUT2D eigenvalue weighted by Gasteiger charge is -2.40. The molecule has 22 heavy (non-hydrogen) atoms. The second kappa shape index (κ2) is 6.82. The highest BCUT2D eigenvalue weighted by atomic mass is 16.2. The quantitative estimate of drug-likeness (QED) is 0.883. The topological polar surface area (TPSA) is 33.5 Å². The summed E-state index contributed by atoms with van der Waals surface area (Å²) < 4.78 is 0. The number of benzene rings is 1. The summed E-state index contributed by atoms with van der Waals surface area (Å²) in [5, 5.41) is 3.16. The maximum Gasteiger partial charge on any atom is 0.279 e. The minimum absolute atomic E-state index is 0.179. The van der Waals surface area contributed by atoms with Crippen molar-refractivity contribution >= 4 is 11.6 Å². The molecule has 3 nitrogen and oxygen atoms in total. The molecule has 3 rings (SSSR count). The molecule has 2 fully saturated rings. The normalized spacial score (nSPS) is 28.0. The van der Waals surface area contributed by atoms with Crippen LogP contribution in [0.1, 0.15) is 49.7 Å². The molecule has 1 saturated heterocycles. The molecule has 1 unspecified atom stereocenters. The molecule has 2 N–H and O–H groups in total. The van der Waals surface area contributed by atoms with Crippen molar-refractivity contribution in [1.82, 2.24) is 0 Å². The summed E-state index contributed by atoms with van der Waals surface area (Å²) in [6, 6.07) is 6.90. The van der Waals surface area contributed by atoms with Crippen LogP contribution in [-0.2, 0) is 4.79 Å². The van der Waals surface area contributed by atoms with Gasteiger partial charge in [-0.1, -0.05) is 24.6 Å². The molecule has 1 aliphatic heterocycles. The lowest BCUT2D eigenvalue weighted by atomic mass is 9.78. The van der Waals surface area contributed by atoms with Gasteiger partial charge in [0.15, 0.2) is 6.54 Å². The van der Waals surface area contributed by atoms with E-state index >= 15 is 0 Å². The Balaban J connectivity index is 1.63. The molecule has 0 radical (unpaired) electrons. The summed E-state index contributed by atoms with van der Waals surface area (Å²) in [5.41, 5.74) is 3.30. The molecule has 1 aromatic carbocycles. The SMILES string of the molecule is Cc1cccc(C)c1NC(=O)C[NH+]1CCC[C@H]2CCCC[C@@H]21. The van der Waals surface area contributed by atoms with E-state index in [1.54, 1.807) is 0 Å². The van der Waals surface area contributed by atoms with Crippen LogP contribution >= 0.6 is 0 Å². The monoisotopic (exact) mass is 301 g/mol. The van der Waals surface area contributed by atoms with Crippen molar-refractivity contribution in [3.05, 3.63) is 29.3 Å². The molecule has 0 aromatic heterocycles. The molecule has 3 atom stereocenters. The van der Waals surface area contributed by atoms with Crippen LogP contribution in [0.4, 0.5) is 5.69 Å².